The van der Waals surface area contributed by atoms with E-state index in [1.54, 1.807) is 25.1 Å². The Morgan fingerprint density at radius 3 is 2.52 bits per heavy atom. The number of aliphatic carboxylic acids is 1. The number of alkyl halides is 2. The molecule has 0 aromatic heterocycles. The Morgan fingerprint density at radius 1 is 1.35 bits per heavy atom. The quantitative estimate of drug-likeness (QED) is 0.807. The first-order valence-corrected chi connectivity index (χ1v) is 7.40. The molecule has 2 rings (SSSR count). The van der Waals surface area contributed by atoms with Crippen molar-refractivity contribution >= 4 is 11.9 Å². The van der Waals surface area contributed by atoms with Crippen molar-refractivity contribution < 1.29 is 28.2 Å². The summed E-state index contributed by atoms with van der Waals surface area (Å²) < 4.78 is 29.3. The molecule has 0 aliphatic heterocycles. The fourth-order valence-corrected chi connectivity index (χ4v) is 2.79. The molecule has 1 fully saturated rings. The van der Waals surface area contributed by atoms with Crippen LogP contribution in [-0.2, 0) is 9.59 Å². The van der Waals surface area contributed by atoms with Gasteiger partial charge in [0.05, 0.1) is 11.5 Å². The number of amides is 1. The molecule has 1 aliphatic rings. The number of halogens is 2. The molecule has 126 valence electrons. The minimum absolute atomic E-state index is 0.00751. The Labute approximate surface area is 132 Å². The Balaban J connectivity index is 2.03. The zero-order chi connectivity index (χ0) is 17.0. The van der Waals surface area contributed by atoms with E-state index in [9.17, 15) is 23.5 Å². The molecule has 1 aromatic carbocycles. The summed E-state index contributed by atoms with van der Waals surface area (Å²) in [7, 11) is 0. The van der Waals surface area contributed by atoms with Gasteiger partial charge in [0.25, 0.3) is 0 Å². The minimum Gasteiger partial charge on any atom is -0.481 e. The van der Waals surface area contributed by atoms with Crippen molar-refractivity contribution in [2.45, 2.75) is 45.3 Å². The van der Waals surface area contributed by atoms with Crippen molar-refractivity contribution in [1.29, 1.82) is 0 Å². The van der Waals surface area contributed by atoms with Crippen LogP contribution in [0.1, 0.15) is 44.2 Å². The summed E-state index contributed by atoms with van der Waals surface area (Å²) >= 11 is 0. The van der Waals surface area contributed by atoms with E-state index in [-0.39, 0.29) is 12.2 Å². The summed E-state index contributed by atoms with van der Waals surface area (Å²) in [6, 6.07) is 5.63. The van der Waals surface area contributed by atoms with Crippen molar-refractivity contribution in [3.05, 3.63) is 29.8 Å². The lowest BCUT2D eigenvalue weighted by molar-refractivity contribution is -0.157. The number of nitrogens with one attached hydrogen (secondary N) is 1. The first kappa shape index (κ1) is 17.2. The first-order chi connectivity index (χ1) is 10.8. The number of para-hydroxylation sites is 1. The number of benzene rings is 1. The number of hydrogen-bond donors (Lipinski definition) is 2. The van der Waals surface area contributed by atoms with Gasteiger partial charge in [-0.3, -0.25) is 9.59 Å². The van der Waals surface area contributed by atoms with Crippen LogP contribution in [-0.4, -0.2) is 23.6 Å². The van der Waals surface area contributed by atoms with Crippen LogP contribution in [0.4, 0.5) is 8.78 Å². The average molecular weight is 327 g/mol. The van der Waals surface area contributed by atoms with Gasteiger partial charge in [-0.25, -0.2) is 0 Å². The number of ether oxygens (including phenoxy) is 1. The van der Waals surface area contributed by atoms with Gasteiger partial charge in [-0.2, -0.15) is 8.78 Å². The molecular weight excluding hydrogens is 308 g/mol. The van der Waals surface area contributed by atoms with E-state index in [1.807, 2.05) is 0 Å². The first-order valence-electron chi connectivity index (χ1n) is 7.40. The minimum atomic E-state index is -2.95. The molecule has 7 heteroatoms. The number of carbonyl (C=O) groups is 2. The number of rotatable bonds is 7. The molecule has 1 saturated carbocycles. The predicted octanol–water partition coefficient (Wildman–Crippen LogP) is 3.11. The van der Waals surface area contributed by atoms with E-state index in [2.05, 4.69) is 10.1 Å². The fraction of sp³-hybridized carbons (Fsp3) is 0.500. The van der Waals surface area contributed by atoms with Crippen LogP contribution in [0, 0.1) is 5.41 Å². The Hall–Kier alpha value is -2.18. The van der Waals surface area contributed by atoms with Crippen LogP contribution < -0.4 is 10.1 Å². The standard InChI is InChI=1S/C16H19F2NO4/c1-10(11-5-2-3-6-12(11)23-15(17)18)19-13(20)9-16(14(21)22)7-4-8-16/h2-3,5-6,10,15H,4,7-9H2,1H3,(H,19,20)(H,21,22). The highest BCUT2D eigenvalue weighted by Gasteiger charge is 2.46. The maximum absolute atomic E-state index is 12.4. The highest BCUT2D eigenvalue weighted by molar-refractivity contribution is 5.85. The van der Waals surface area contributed by atoms with Gasteiger partial charge in [0.1, 0.15) is 5.75 Å². The summed E-state index contributed by atoms with van der Waals surface area (Å²) in [6.45, 7) is -1.32. The molecule has 23 heavy (non-hydrogen) atoms. The maximum Gasteiger partial charge on any atom is 0.387 e. The lowest BCUT2D eigenvalue weighted by Gasteiger charge is -2.37. The molecule has 0 bridgehead atoms. The van der Waals surface area contributed by atoms with E-state index in [4.69, 9.17) is 0 Å². The van der Waals surface area contributed by atoms with E-state index in [1.165, 1.54) is 6.07 Å². The van der Waals surface area contributed by atoms with Gasteiger partial charge in [0.15, 0.2) is 0 Å². The zero-order valence-electron chi connectivity index (χ0n) is 12.7. The van der Waals surface area contributed by atoms with Gasteiger partial charge in [-0.05, 0) is 25.8 Å². The van der Waals surface area contributed by atoms with Crippen molar-refractivity contribution in [2.24, 2.45) is 5.41 Å². The van der Waals surface area contributed by atoms with Gasteiger partial charge < -0.3 is 15.2 Å². The van der Waals surface area contributed by atoms with Crippen molar-refractivity contribution in [3.8, 4) is 5.75 Å². The molecular formula is C16H19F2NO4. The third kappa shape index (κ3) is 3.97. The summed E-state index contributed by atoms with van der Waals surface area (Å²) in [5.74, 6) is -1.38. The molecule has 5 nitrogen and oxygen atoms in total. The molecule has 0 spiro atoms. The normalized spacial score (nSPS) is 17.2. The smallest absolute Gasteiger partial charge is 0.387 e. The van der Waals surface area contributed by atoms with Gasteiger partial charge in [-0.1, -0.05) is 24.6 Å². The van der Waals surface area contributed by atoms with Gasteiger partial charge in [0.2, 0.25) is 5.91 Å². The number of hydrogen-bond acceptors (Lipinski definition) is 3. The van der Waals surface area contributed by atoms with Crippen LogP contribution in [0.3, 0.4) is 0 Å². The maximum atomic E-state index is 12.4. The predicted molar refractivity (Wildman–Crippen MR) is 78.2 cm³/mol. The van der Waals surface area contributed by atoms with Crippen molar-refractivity contribution in [1.82, 2.24) is 5.32 Å². The Kier molecular flexibility index (Phi) is 5.18. The summed E-state index contributed by atoms with van der Waals surface area (Å²) in [5, 5.41) is 11.9. The zero-order valence-corrected chi connectivity index (χ0v) is 12.7. The lowest BCUT2D eigenvalue weighted by Crippen LogP contribution is -2.43. The lowest BCUT2D eigenvalue weighted by atomic mass is 9.66. The molecule has 1 aliphatic carbocycles. The van der Waals surface area contributed by atoms with Crippen molar-refractivity contribution in [2.75, 3.05) is 0 Å². The monoisotopic (exact) mass is 327 g/mol. The topological polar surface area (TPSA) is 75.6 Å². The second-order valence-electron chi connectivity index (χ2n) is 5.82. The van der Waals surface area contributed by atoms with E-state index >= 15 is 0 Å². The summed E-state index contributed by atoms with van der Waals surface area (Å²) in [5.41, 5.74) is -0.567. The highest BCUT2D eigenvalue weighted by atomic mass is 19.3. The van der Waals surface area contributed by atoms with Gasteiger partial charge in [-0.15, -0.1) is 0 Å². The van der Waals surface area contributed by atoms with E-state index in [0.717, 1.165) is 6.42 Å². The fourth-order valence-electron chi connectivity index (χ4n) is 2.79. The second-order valence-corrected chi connectivity index (χ2v) is 5.82. The summed E-state index contributed by atoms with van der Waals surface area (Å²) in [4.78, 5) is 23.4. The highest BCUT2D eigenvalue weighted by Crippen LogP contribution is 2.44. The van der Waals surface area contributed by atoms with Crippen molar-refractivity contribution in [3.63, 3.8) is 0 Å². The average Bonchev–Trinajstić information content (AvgIpc) is 2.42. The van der Waals surface area contributed by atoms with Crippen LogP contribution >= 0.6 is 0 Å². The Morgan fingerprint density at radius 2 is 2.00 bits per heavy atom. The largest absolute Gasteiger partial charge is 0.481 e. The molecule has 1 unspecified atom stereocenters. The van der Waals surface area contributed by atoms with Crippen LogP contribution in [0.5, 0.6) is 5.75 Å². The molecule has 1 atom stereocenters. The second kappa shape index (κ2) is 6.93. The molecule has 1 aromatic rings. The van der Waals surface area contributed by atoms with Gasteiger partial charge >= 0.3 is 12.6 Å². The third-order valence-electron chi connectivity index (χ3n) is 4.24. The molecule has 0 heterocycles. The number of carboxylic acid groups (broad SMARTS) is 1. The molecule has 1 amide bonds. The molecule has 0 radical (unpaired) electrons. The third-order valence-corrected chi connectivity index (χ3v) is 4.24. The molecule has 2 N–H and O–H groups in total. The van der Waals surface area contributed by atoms with Crippen LogP contribution in [0.25, 0.3) is 0 Å². The summed E-state index contributed by atoms with van der Waals surface area (Å²) in [6.07, 6.45) is 1.65. The Bertz CT molecular complexity index is 587. The van der Waals surface area contributed by atoms with Gasteiger partial charge in [0, 0.05) is 12.0 Å². The molecule has 0 saturated heterocycles. The number of carboxylic acids is 1. The number of carbonyl (C=O) groups excluding carboxylic acids is 1. The van der Waals surface area contributed by atoms with Crippen LogP contribution in [0.2, 0.25) is 0 Å². The van der Waals surface area contributed by atoms with Crippen LogP contribution in [0.15, 0.2) is 24.3 Å². The van der Waals surface area contributed by atoms with E-state index in [0.29, 0.717) is 18.4 Å². The SMILES string of the molecule is CC(NC(=O)CC1(C(=O)O)CCC1)c1ccccc1OC(F)F. The van der Waals surface area contributed by atoms with E-state index < -0.39 is 29.9 Å².